The van der Waals surface area contributed by atoms with Gasteiger partial charge in [0.1, 0.15) is 0 Å². The van der Waals surface area contributed by atoms with Crippen LogP contribution in [0.3, 0.4) is 0 Å². The van der Waals surface area contributed by atoms with Crippen LogP contribution < -0.4 is 10.6 Å². The van der Waals surface area contributed by atoms with Crippen LogP contribution in [0.4, 0.5) is 5.69 Å². The maximum atomic E-state index is 12.6. The van der Waals surface area contributed by atoms with Crippen molar-refractivity contribution in [3.05, 3.63) is 29.8 Å². The lowest BCUT2D eigenvalue weighted by Gasteiger charge is -2.26. The van der Waals surface area contributed by atoms with Crippen molar-refractivity contribution in [2.45, 2.75) is 39.0 Å². The monoisotopic (exact) mass is 260 g/mol. The highest BCUT2D eigenvalue weighted by atomic mass is 16.2. The smallest absolute Gasteiger partial charge is 0.229 e. The minimum atomic E-state index is 0.0645. The quantitative estimate of drug-likeness (QED) is 0.904. The van der Waals surface area contributed by atoms with E-state index in [2.05, 4.69) is 18.2 Å². The summed E-state index contributed by atoms with van der Waals surface area (Å²) in [4.78, 5) is 14.6. The number of anilines is 1. The van der Waals surface area contributed by atoms with E-state index in [0.717, 1.165) is 44.3 Å². The summed E-state index contributed by atoms with van der Waals surface area (Å²) in [5, 5.41) is 0. The summed E-state index contributed by atoms with van der Waals surface area (Å²) in [6.45, 7) is 3.53. The topological polar surface area (TPSA) is 46.3 Å². The second kappa shape index (κ2) is 6.71. The van der Waals surface area contributed by atoms with Crippen LogP contribution in [0, 0.1) is 5.92 Å². The first kappa shape index (κ1) is 14.1. The number of hydrogen-bond acceptors (Lipinski definition) is 2. The Morgan fingerprint density at radius 3 is 2.95 bits per heavy atom. The van der Waals surface area contributed by atoms with Gasteiger partial charge in [-0.25, -0.2) is 0 Å². The fraction of sp³-hybridized carbons (Fsp3) is 0.562. The molecular weight excluding hydrogens is 236 g/mol. The molecule has 1 aromatic carbocycles. The molecule has 1 amide bonds. The highest BCUT2D eigenvalue weighted by Crippen LogP contribution is 2.27. The molecule has 0 bridgehead atoms. The van der Waals surface area contributed by atoms with E-state index in [1.165, 1.54) is 5.56 Å². The van der Waals surface area contributed by atoms with Crippen molar-refractivity contribution >= 4 is 11.6 Å². The van der Waals surface area contributed by atoms with Gasteiger partial charge < -0.3 is 10.6 Å². The summed E-state index contributed by atoms with van der Waals surface area (Å²) in [6.07, 6.45) is 5.13. The summed E-state index contributed by atoms with van der Waals surface area (Å²) in [7, 11) is 0. The highest BCUT2D eigenvalue weighted by molar-refractivity contribution is 5.95. The molecule has 0 aromatic heterocycles. The molecule has 1 unspecified atom stereocenters. The Morgan fingerprint density at radius 1 is 1.37 bits per heavy atom. The zero-order valence-electron chi connectivity index (χ0n) is 11.8. The number of carbonyl (C=O) groups excluding carboxylic acids is 1. The molecule has 0 radical (unpaired) electrons. The summed E-state index contributed by atoms with van der Waals surface area (Å²) in [5.74, 6) is 0.317. The van der Waals surface area contributed by atoms with E-state index in [1.807, 2.05) is 17.9 Å². The number of benzene rings is 1. The molecule has 2 N–H and O–H groups in total. The zero-order valence-corrected chi connectivity index (χ0v) is 11.8. The lowest BCUT2D eigenvalue weighted by Crippen LogP contribution is -2.36. The van der Waals surface area contributed by atoms with Gasteiger partial charge in [0.25, 0.3) is 0 Å². The fourth-order valence-corrected chi connectivity index (χ4v) is 2.73. The summed E-state index contributed by atoms with van der Waals surface area (Å²) >= 11 is 0. The van der Waals surface area contributed by atoms with E-state index in [1.54, 1.807) is 0 Å². The van der Waals surface area contributed by atoms with Gasteiger partial charge in [-0.15, -0.1) is 0 Å². The number of fused-ring (bicyclic) bond motifs is 1. The molecule has 0 spiro atoms. The molecule has 1 aliphatic heterocycles. The molecule has 0 saturated heterocycles. The molecule has 0 fully saturated rings. The van der Waals surface area contributed by atoms with E-state index in [0.29, 0.717) is 6.54 Å². The third kappa shape index (κ3) is 3.35. The first-order chi connectivity index (χ1) is 9.24. The summed E-state index contributed by atoms with van der Waals surface area (Å²) in [5.41, 5.74) is 7.95. The number of rotatable bonds is 4. The van der Waals surface area contributed by atoms with Gasteiger partial charge in [0.15, 0.2) is 0 Å². The van der Waals surface area contributed by atoms with Gasteiger partial charge in [-0.2, -0.15) is 0 Å². The predicted molar refractivity (Wildman–Crippen MR) is 79.2 cm³/mol. The largest absolute Gasteiger partial charge is 0.330 e. The van der Waals surface area contributed by atoms with Crippen molar-refractivity contribution in [1.29, 1.82) is 0 Å². The van der Waals surface area contributed by atoms with Crippen molar-refractivity contribution in [2.24, 2.45) is 11.7 Å². The Labute approximate surface area is 115 Å². The van der Waals surface area contributed by atoms with Gasteiger partial charge in [0.2, 0.25) is 5.91 Å². The highest BCUT2D eigenvalue weighted by Gasteiger charge is 2.24. The molecular formula is C16H24N2O. The number of carbonyl (C=O) groups is 1. The number of nitrogens with two attached hydrogens (primary N) is 1. The Kier molecular flexibility index (Phi) is 4.97. The van der Waals surface area contributed by atoms with Gasteiger partial charge >= 0.3 is 0 Å². The zero-order chi connectivity index (χ0) is 13.7. The van der Waals surface area contributed by atoms with E-state index >= 15 is 0 Å². The fourth-order valence-electron chi connectivity index (χ4n) is 2.73. The minimum absolute atomic E-state index is 0.0645. The van der Waals surface area contributed by atoms with Crippen molar-refractivity contribution in [1.82, 2.24) is 0 Å². The first-order valence-electron chi connectivity index (χ1n) is 7.33. The third-order valence-electron chi connectivity index (χ3n) is 3.89. The van der Waals surface area contributed by atoms with Crippen LogP contribution in [-0.4, -0.2) is 19.0 Å². The molecule has 2 rings (SSSR count). The van der Waals surface area contributed by atoms with Crippen molar-refractivity contribution in [3.8, 4) is 0 Å². The lowest BCUT2D eigenvalue weighted by molar-refractivity contribution is -0.122. The maximum absolute atomic E-state index is 12.6. The number of para-hydroxylation sites is 1. The van der Waals surface area contributed by atoms with E-state index in [4.69, 9.17) is 5.73 Å². The maximum Gasteiger partial charge on any atom is 0.229 e. The van der Waals surface area contributed by atoms with E-state index in [9.17, 15) is 4.79 Å². The van der Waals surface area contributed by atoms with Gasteiger partial charge in [0.05, 0.1) is 0 Å². The number of hydrogen-bond donors (Lipinski definition) is 1. The molecule has 1 aromatic rings. The van der Waals surface area contributed by atoms with Gasteiger partial charge in [0, 0.05) is 18.2 Å². The molecule has 1 heterocycles. The molecule has 3 nitrogen and oxygen atoms in total. The standard InChI is InChI=1S/C16H24N2O/c1-13(7-6-11-17)16(19)18-12-5-4-9-14-8-2-3-10-15(14)18/h2-3,8,10,13H,4-7,9,11-12,17H2,1H3. The normalized spacial score (nSPS) is 16.6. The van der Waals surface area contributed by atoms with Crippen molar-refractivity contribution in [3.63, 3.8) is 0 Å². The number of amides is 1. The SMILES string of the molecule is CC(CCCN)C(=O)N1CCCCc2ccccc21. The van der Waals surface area contributed by atoms with Gasteiger partial charge in [-0.3, -0.25) is 4.79 Å². The van der Waals surface area contributed by atoms with Crippen molar-refractivity contribution in [2.75, 3.05) is 18.0 Å². The summed E-state index contributed by atoms with van der Waals surface area (Å²) < 4.78 is 0. The van der Waals surface area contributed by atoms with Gasteiger partial charge in [-0.05, 0) is 50.3 Å². The molecule has 19 heavy (non-hydrogen) atoms. The Bertz CT molecular complexity index is 431. The third-order valence-corrected chi connectivity index (χ3v) is 3.89. The average Bonchev–Trinajstić information content (AvgIpc) is 2.66. The second-order valence-electron chi connectivity index (χ2n) is 5.41. The van der Waals surface area contributed by atoms with Crippen LogP contribution in [0.25, 0.3) is 0 Å². The minimum Gasteiger partial charge on any atom is -0.330 e. The van der Waals surface area contributed by atoms with E-state index in [-0.39, 0.29) is 11.8 Å². The molecule has 0 saturated carbocycles. The van der Waals surface area contributed by atoms with E-state index < -0.39 is 0 Å². The van der Waals surface area contributed by atoms with Crippen LogP contribution in [0.2, 0.25) is 0 Å². The Balaban J connectivity index is 2.17. The molecule has 0 aliphatic carbocycles. The van der Waals surface area contributed by atoms with Crippen LogP contribution in [0.5, 0.6) is 0 Å². The second-order valence-corrected chi connectivity index (χ2v) is 5.41. The molecule has 1 atom stereocenters. The van der Waals surface area contributed by atoms with Crippen LogP contribution in [0.1, 0.15) is 38.2 Å². The predicted octanol–water partition coefficient (Wildman–Crippen LogP) is 2.73. The van der Waals surface area contributed by atoms with Gasteiger partial charge in [-0.1, -0.05) is 25.1 Å². The van der Waals surface area contributed by atoms with Crippen LogP contribution in [0.15, 0.2) is 24.3 Å². The van der Waals surface area contributed by atoms with Crippen LogP contribution in [-0.2, 0) is 11.2 Å². The number of aryl methyl sites for hydroxylation is 1. The van der Waals surface area contributed by atoms with Crippen molar-refractivity contribution < 1.29 is 4.79 Å². The van der Waals surface area contributed by atoms with Crippen LogP contribution >= 0.6 is 0 Å². The molecule has 104 valence electrons. The summed E-state index contributed by atoms with van der Waals surface area (Å²) in [6, 6.07) is 8.30. The first-order valence-corrected chi connectivity index (χ1v) is 7.33. The Morgan fingerprint density at radius 2 is 2.16 bits per heavy atom. The Hall–Kier alpha value is -1.35. The molecule has 3 heteroatoms. The lowest BCUT2D eigenvalue weighted by atomic mass is 10.0. The number of nitrogens with zero attached hydrogens (tertiary/aromatic N) is 1. The molecule has 1 aliphatic rings. The average molecular weight is 260 g/mol.